The molecule has 2 saturated carbocycles. The van der Waals surface area contributed by atoms with Crippen molar-refractivity contribution in [2.45, 2.75) is 57.7 Å². The number of hydrogen-bond acceptors (Lipinski definition) is 6. The minimum Gasteiger partial charge on any atom is -0.462 e. The molecule has 7 heteroatoms. The van der Waals surface area contributed by atoms with E-state index >= 15 is 0 Å². The maximum atomic E-state index is 12.8. The third-order valence-electron chi connectivity index (χ3n) is 8.43. The molecule has 29 heavy (non-hydrogen) atoms. The van der Waals surface area contributed by atoms with E-state index in [-0.39, 0.29) is 35.1 Å². The molecule has 2 aliphatic carbocycles. The predicted molar refractivity (Wildman–Crippen MR) is 105 cm³/mol. The fraction of sp³-hybridized carbons (Fsp3) is 0.909. The van der Waals surface area contributed by atoms with Crippen LogP contribution in [0.15, 0.2) is 0 Å². The van der Waals surface area contributed by atoms with Gasteiger partial charge in [0.25, 0.3) is 0 Å². The van der Waals surface area contributed by atoms with Crippen molar-refractivity contribution < 1.29 is 23.8 Å². The fourth-order valence-electron chi connectivity index (χ4n) is 6.77. The Balaban J connectivity index is 1.23. The smallest absolute Gasteiger partial charge is 0.409 e. The molecule has 3 heterocycles. The van der Waals surface area contributed by atoms with Crippen LogP contribution in [0.2, 0.25) is 0 Å². The van der Waals surface area contributed by atoms with E-state index in [1.54, 1.807) is 4.90 Å². The van der Waals surface area contributed by atoms with Gasteiger partial charge < -0.3 is 19.1 Å². The van der Waals surface area contributed by atoms with Crippen molar-refractivity contribution in [1.29, 1.82) is 0 Å². The second-order valence-corrected chi connectivity index (χ2v) is 10.1. The van der Waals surface area contributed by atoms with Crippen LogP contribution in [0.1, 0.15) is 46.0 Å². The van der Waals surface area contributed by atoms with E-state index in [9.17, 15) is 9.59 Å². The molecule has 0 aromatic carbocycles. The van der Waals surface area contributed by atoms with E-state index in [0.29, 0.717) is 31.5 Å². The number of amides is 1. The van der Waals surface area contributed by atoms with Gasteiger partial charge in [-0.25, -0.2) is 4.79 Å². The number of hydrogen-bond donors (Lipinski definition) is 0. The molecule has 0 N–H and O–H groups in total. The van der Waals surface area contributed by atoms with E-state index in [2.05, 4.69) is 11.8 Å². The number of fused-ring (bicyclic) bond motifs is 3. The fourth-order valence-corrected chi connectivity index (χ4v) is 6.77. The van der Waals surface area contributed by atoms with Gasteiger partial charge in [-0.3, -0.25) is 9.69 Å². The third-order valence-corrected chi connectivity index (χ3v) is 8.43. The number of carbonyl (C=O) groups excluding carboxylic acids is 2. The molecule has 0 radical (unpaired) electrons. The molecule has 1 amide bonds. The van der Waals surface area contributed by atoms with Crippen LogP contribution >= 0.6 is 0 Å². The van der Waals surface area contributed by atoms with Crippen LogP contribution in [-0.4, -0.2) is 79.5 Å². The molecule has 5 fully saturated rings. The third kappa shape index (κ3) is 3.34. The summed E-state index contributed by atoms with van der Waals surface area (Å²) in [6.45, 7) is 9.16. The lowest BCUT2D eigenvalue weighted by Crippen LogP contribution is -2.53. The molecular weight excluding hydrogens is 372 g/mol. The first-order valence-electron chi connectivity index (χ1n) is 11.4. The number of rotatable bonds is 3. The van der Waals surface area contributed by atoms with Crippen LogP contribution in [0.25, 0.3) is 0 Å². The van der Waals surface area contributed by atoms with E-state index in [0.717, 1.165) is 39.1 Å². The lowest BCUT2D eigenvalue weighted by Gasteiger charge is -2.51. The molecular formula is C22H34N2O5. The molecule has 3 aliphatic heterocycles. The molecule has 162 valence electrons. The maximum absolute atomic E-state index is 12.8. The second-order valence-electron chi connectivity index (χ2n) is 10.1. The van der Waals surface area contributed by atoms with Gasteiger partial charge in [0.15, 0.2) is 0 Å². The number of nitrogens with zero attached hydrogens (tertiary/aromatic N) is 2. The molecule has 3 saturated heterocycles. The average Bonchev–Trinajstić information content (AvgIpc) is 3.40. The van der Waals surface area contributed by atoms with Gasteiger partial charge in [0.1, 0.15) is 6.10 Å². The molecule has 5 rings (SSSR count). The van der Waals surface area contributed by atoms with Crippen molar-refractivity contribution >= 4 is 12.1 Å². The normalized spacial score (nSPS) is 44.2. The first kappa shape index (κ1) is 19.6. The maximum Gasteiger partial charge on any atom is 0.409 e. The van der Waals surface area contributed by atoms with Crippen LogP contribution in [0.5, 0.6) is 0 Å². The summed E-state index contributed by atoms with van der Waals surface area (Å²) in [4.78, 5) is 28.8. The van der Waals surface area contributed by atoms with E-state index in [1.807, 2.05) is 6.92 Å². The van der Waals surface area contributed by atoms with E-state index < -0.39 is 0 Å². The Kier molecular flexibility index (Phi) is 4.81. The van der Waals surface area contributed by atoms with Gasteiger partial charge >= 0.3 is 12.1 Å². The molecule has 0 bridgehead atoms. The average molecular weight is 407 g/mol. The van der Waals surface area contributed by atoms with Gasteiger partial charge in [-0.2, -0.15) is 0 Å². The minimum atomic E-state index is -0.230. The lowest BCUT2D eigenvalue weighted by molar-refractivity contribution is -0.147. The van der Waals surface area contributed by atoms with Gasteiger partial charge in [0.2, 0.25) is 0 Å². The topological polar surface area (TPSA) is 71.6 Å². The van der Waals surface area contributed by atoms with Gasteiger partial charge in [0.05, 0.1) is 24.7 Å². The summed E-state index contributed by atoms with van der Waals surface area (Å²) in [5, 5.41) is 0. The van der Waals surface area contributed by atoms with Crippen molar-refractivity contribution in [3.05, 3.63) is 0 Å². The number of ether oxygens (including phenoxy) is 3. The van der Waals surface area contributed by atoms with E-state index in [1.165, 1.54) is 19.3 Å². The summed E-state index contributed by atoms with van der Waals surface area (Å²) >= 11 is 0. The van der Waals surface area contributed by atoms with Crippen LogP contribution < -0.4 is 0 Å². The minimum absolute atomic E-state index is 0.0131. The monoisotopic (exact) mass is 406 g/mol. The van der Waals surface area contributed by atoms with Crippen molar-refractivity contribution in [2.75, 3.05) is 45.9 Å². The highest BCUT2D eigenvalue weighted by atomic mass is 16.6. The highest BCUT2D eigenvalue weighted by Crippen LogP contribution is 2.62. The Hall–Kier alpha value is -1.34. The highest BCUT2D eigenvalue weighted by molar-refractivity contribution is 5.75. The highest BCUT2D eigenvalue weighted by Gasteiger charge is 2.65. The second kappa shape index (κ2) is 7.12. The van der Waals surface area contributed by atoms with Crippen molar-refractivity contribution in [3.8, 4) is 0 Å². The Morgan fingerprint density at radius 3 is 2.69 bits per heavy atom. The molecule has 7 nitrogen and oxygen atoms in total. The zero-order valence-electron chi connectivity index (χ0n) is 17.7. The summed E-state index contributed by atoms with van der Waals surface area (Å²) in [7, 11) is 0. The van der Waals surface area contributed by atoms with E-state index in [4.69, 9.17) is 14.2 Å². The van der Waals surface area contributed by atoms with Gasteiger partial charge in [-0.05, 0) is 50.4 Å². The quantitative estimate of drug-likeness (QED) is 0.529. The number of epoxide rings is 1. The molecule has 1 spiro atoms. The number of esters is 1. The lowest BCUT2D eigenvalue weighted by atomic mass is 9.53. The standard InChI is InChI=1S/C22H34N2O5/c1-3-27-20(26)24-9-7-23(8-10-24)13-16-15-11-18-21(2,12-17(15)29-19(16)25)5-4-6-22(18)14-28-22/h15-18H,3-14H2,1-2H3/t15-,16-,17-,18-,21-,22+/m1/s1. The first-order valence-corrected chi connectivity index (χ1v) is 11.4. The molecule has 0 unspecified atom stereocenters. The van der Waals surface area contributed by atoms with Crippen LogP contribution in [-0.2, 0) is 19.0 Å². The van der Waals surface area contributed by atoms with Gasteiger partial charge in [0, 0.05) is 38.6 Å². The molecule has 0 aromatic heterocycles. The van der Waals surface area contributed by atoms with Gasteiger partial charge in [-0.1, -0.05) is 6.92 Å². The SMILES string of the molecule is CCOC(=O)N1CCN(C[C@H]2C(=O)O[C@@H]3C[C@@]4(C)CCC[C@]5(CO5)[C@@H]4C[C@@H]32)CC1. The summed E-state index contributed by atoms with van der Waals surface area (Å²) < 4.78 is 17.0. The largest absolute Gasteiger partial charge is 0.462 e. The summed E-state index contributed by atoms with van der Waals surface area (Å²) in [5.41, 5.74) is 0.343. The zero-order valence-corrected chi connectivity index (χ0v) is 17.7. The van der Waals surface area contributed by atoms with Crippen molar-refractivity contribution in [2.24, 2.45) is 23.2 Å². The number of carbonyl (C=O) groups is 2. The van der Waals surface area contributed by atoms with Crippen LogP contribution in [0, 0.1) is 23.2 Å². The Labute approximate surface area is 173 Å². The van der Waals surface area contributed by atoms with Crippen LogP contribution in [0.3, 0.4) is 0 Å². The zero-order chi connectivity index (χ0) is 20.2. The van der Waals surface area contributed by atoms with Crippen molar-refractivity contribution in [1.82, 2.24) is 9.80 Å². The molecule has 0 aromatic rings. The molecule has 6 atom stereocenters. The summed E-state index contributed by atoms with van der Waals surface area (Å²) in [6.07, 6.45) is 5.53. The van der Waals surface area contributed by atoms with Crippen LogP contribution in [0.4, 0.5) is 4.79 Å². The predicted octanol–water partition coefficient (Wildman–Crippen LogP) is 2.29. The Bertz CT molecular complexity index is 672. The molecule has 5 aliphatic rings. The number of piperazine rings is 1. The Morgan fingerprint density at radius 2 is 2.00 bits per heavy atom. The van der Waals surface area contributed by atoms with Gasteiger partial charge in [-0.15, -0.1) is 0 Å². The van der Waals surface area contributed by atoms with Crippen molar-refractivity contribution in [3.63, 3.8) is 0 Å². The Morgan fingerprint density at radius 1 is 1.24 bits per heavy atom. The summed E-state index contributed by atoms with van der Waals surface area (Å²) in [5.74, 6) is 0.808. The first-order chi connectivity index (χ1) is 13.9. The summed E-state index contributed by atoms with van der Waals surface area (Å²) in [6, 6.07) is 0.